The smallest absolute Gasteiger partial charge is 0.104 e. The zero-order chi connectivity index (χ0) is 12.1. The molecule has 2 nitrogen and oxygen atoms in total. The van der Waals surface area contributed by atoms with Crippen molar-refractivity contribution in [2.45, 2.75) is 65.8 Å². The summed E-state index contributed by atoms with van der Waals surface area (Å²) in [6.07, 6.45) is 4.03. The van der Waals surface area contributed by atoms with Crippen LogP contribution in [0.5, 0.6) is 0 Å². The molecule has 2 N–H and O–H groups in total. The molecule has 2 atom stereocenters. The number of nitriles is 1. The van der Waals surface area contributed by atoms with Gasteiger partial charge < -0.3 is 5.73 Å². The Labute approximate surface area is 96.3 Å². The second-order valence-electron chi connectivity index (χ2n) is 5.05. The van der Waals surface area contributed by atoms with Crippen LogP contribution >= 0.6 is 0 Å². The van der Waals surface area contributed by atoms with E-state index >= 15 is 0 Å². The molecule has 90 valence electrons. The maximum absolute atomic E-state index is 8.91. The maximum Gasteiger partial charge on any atom is 0.104 e. The first kappa shape index (κ1) is 14.5. The third-order valence-electron chi connectivity index (χ3n) is 3.79. The molecule has 2 heteroatoms. The van der Waals surface area contributed by atoms with Gasteiger partial charge in [-0.3, -0.25) is 0 Å². The Kier molecular flexibility index (Phi) is 5.31. The van der Waals surface area contributed by atoms with Gasteiger partial charge in [0.2, 0.25) is 0 Å². The molecule has 0 heterocycles. The van der Waals surface area contributed by atoms with Crippen LogP contribution in [-0.2, 0) is 0 Å². The molecule has 0 aromatic rings. The van der Waals surface area contributed by atoms with E-state index in [4.69, 9.17) is 11.0 Å². The van der Waals surface area contributed by atoms with E-state index in [9.17, 15) is 0 Å². The van der Waals surface area contributed by atoms with E-state index in [1.165, 1.54) is 6.42 Å². The zero-order valence-corrected chi connectivity index (χ0v) is 10.9. The predicted molar refractivity (Wildman–Crippen MR) is 67.4 cm³/mol. The lowest BCUT2D eigenvalue weighted by atomic mass is 9.75. The van der Waals surface area contributed by atoms with Gasteiger partial charge in [-0.05, 0) is 30.6 Å². The maximum atomic E-state index is 8.91. The van der Waals surface area contributed by atoms with Crippen LogP contribution in [0.4, 0.5) is 0 Å². The second-order valence-corrected chi connectivity index (χ2v) is 5.05. The third-order valence-corrected chi connectivity index (χ3v) is 3.79. The molecule has 0 aromatic carbocycles. The van der Waals surface area contributed by atoms with Crippen LogP contribution in [0.2, 0.25) is 0 Å². The fourth-order valence-electron chi connectivity index (χ4n) is 2.13. The largest absolute Gasteiger partial charge is 0.313 e. The van der Waals surface area contributed by atoms with Crippen molar-refractivity contribution in [2.75, 3.05) is 0 Å². The van der Waals surface area contributed by atoms with Crippen molar-refractivity contribution in [3.63, 3.8) is 0 Å². The number of hydrogen-bond donors (Lipinski definition) is 1. The summed E-state index contributed by atoms with van der Waals surface area (Å²) in [5.74, 6) is 0.627. The van der Waals surface area contributed by atoms with Gasteiger partial charge in [-0.25, -0.2) is 0 Å². The van der Waals surface area contributed by atoms with E-state index in [0.29, 0.717) is 11.3 Å². The molecule has 0 bridgehead atoms. The van der Waals surface area contributed by atoms with Gasteiger partial charge in [-0.2, -0.15) is 5.26 Å². The molecule has 0 saturated heterocycles. The SMILES string of the molecule is CC.CCC(C)(C)C1CCC(N)(C#N)C1.[HH]. The van der Waals surface area contributed by atoms with Gasteiger partial charge >= 0.3 is 0 Å². The van der Waals surface area contributed by atoms with Crippen LogP contribution in [0.3, 0.4) is 0 Å². The van der Waals surface area contributed by atoms with E-state index < -0.39 is 5.54 Å². The molecular weight excluding hydrogens is 184 g/mol. The minimum atomic E-state index is -0.531. The third kappa shape index (κ3) is 3.50. The van der Waals surface area contributed by atoms with Crippen molar-refractivity contribution in [2.24, 2.45) is 17.1 Å². The highest BCUT2D eigenvalue weighted by atomic mass is 14.8. The number of nitrogens with zero attached hydrogens (tertiary/aromatic N) is 1. The molecule has 2 unspecified atom stereocenters. The van der Waals surface area contributed by atoms with E-state index in [-0.39, 0.29) is 1.43 Å². The fraction of sp³-hybridized carbons (Fsp3) is 0.923. The van der Waals surface area contributed by atoms with Crippen molar-refractivity contribution in [1.29, 1.82) is 5.26 Å². The number of nitrogens with two attached hydrogens (primary N) is 1. The minimum Gasteiger partial charge on any atom is -0.313 e. The summed E-state index contributed by atoms with van der Waals surface area (Å²) < 4.78 is 0. The molecule has 15 heavy (non-hydrogen) atoms. The number of hydrogen-bond acceptors (Lipinski definition) is 2. The summed E-state index contributed by atoms with van der Waals surface area (Å²) in [6.45, 7) is 10.8. The van der Waals surface area contributed by atoms with Gasteiger partial charge in [0.1, 0.15) is 5.54 Å². The highest BCUT2D eigenvalue weighted by Crippen LogP contribution is 2.44. The van der Waals surface area contributed by atoms with Gasteiger partial charge in [-0.15, -0.1) is 0 Å². The molecule has 0 aromatic heterocycles. The van der Waals surface area contributed by atoms with Crippen LogP contribution < -0.4 is 5.73 Å². The first-order valence-corrected chi connectivity index (χ1v) is 6.14. The van der Waals surface area contributed by atoms with Crippen molar-refractivity contribution < 1.29 is 1.43 Å². The van der Waals surface area contributed by atoms with E-state index in [2.05, 4.69) is 26.8 Å². The standard InChI is InChI=1S/C11H20N2.C2H6.H2/c1-4-10(2,3)9-5-6-11(13,7-9)8-12;1-2;/h9H,4-7,13H2,1-3H3;1-2H3;1H. The van der Waals surface area contributed by atoms with Gasteiger partial charge in [-0.1, -0.05) is 41.0 Å². The van der Waals surface area contributed by atoms with E-state index in [1.54, 1.807) is 0 Å². The molecule has 1 fully saturated rings. The average Bonchev–Trinajstić information content (AvgIpc) is 2.66. The summed E-state index contributed by atoms with van der Waals surface area (Å²) in [5.41, 5.74) is 5.75. The minimum absolute atomic E-state index is 0. The Balaban J connectivity index is 0. The molecule has 1 saturated carbocycles. The lowest BCUT2D eigenvalue weighted by Crippen LogP contribution is -2.36. The molecule has 1 rings (SSSR count). The second kappa shape index (κ2) is 5.51. The Morgan fingerprint density at radius 1 is 1.53 bits per heavy atom. The summed E-state index contributed by atoms with van der Waals surface area (Å²) in [5, 5.41) is 8.91. The molecule has 0 radical (unpaired) electrons. The topological polar surface area (TPSA) is 49.8 Å². The van der Waals surface area contributed by atoms with Crippen LogP contribution in [0, 0.1) is 22.7 Å². The average molecular weight is 212 g/mol. The summed E-state index contributed by atoms with van der Waals surface area (Å²) in [4.78, 5) is 0. The highest BCUT2D eigenvalue weighted by Gasteiger charge is 2.41. The van der Waals surface area contributed by atoms with Crippen LogP contribution in [0.15, 0.2) is 0 Å². The first-order chi connectivity index (χ1) is 6.93. The van der Waals surface area contributed by atoms with Gasteiger partial charge in [0, 0.05) is 1.43 Å². The fourth-order valence-corrected chi connectivity index (χ4v) is 2.13. The van der Waals surface area contributed by atoms with Crippen LogP contribution in [0.25, 0.3) is 0 Å². The Morgan fingerprint density at radius 3 is 2.40 bits per heavy atom. The molecular formula is C13H28N2. The molecule has 0 amide bonds. The van der Waals surface area contributed by atoms with E-state index in [1.807, 2.05) is 13.8 Å². The zero-order valence-electron chi connectivity index (χ0n) is 10.9. The van der Waals surface area contributed by atoms with Gasteiger partial charge in [0.05, 0.1) is 6.07 Å². The lowest BCUT2D eigenvalue weighted by molar-refractivity contribution is 0.203. The van der Waals surface area contributed by atoms with E-state index in [0.717, 1.165) is 19.3 Å². The molecule has 0 spiro atoms. The van der Waals surface area contributed by atoms with Crippen molar-refractivity contribution >= 4 is 0 Å². The molecule has 0 aliphatic heterocycles. The van der Waals surface area contributed by atoms with Crippen molar-refractivity contribution in [3.8, 4) is 6.07 Å². The van der Waals surface area contributed by atoms with Gasteiger partial charge in [0.25, 0.3) is 0 Å². The summed E-state index contributed by atoms with van der Waals surface area (Å²) in [7, 11) is 0. The van der Waals surface area contributed by atoms with Crippen molar-refractivity contribution in [1.82, 2.24) is 0 Å². The number of rotatable bonds is 2. The molecule has 1 aliphatic carbocycles. The Hall–Kier alpha value is -0.550. The Bertz CT molecular complexity index is 233. The first-order valence-electron chi connectivity index (χ1n) is 6.14. The normalized spacial score (nSPS) is 30.3. The Morgan fingerprint density at radius 2 is 2.07 bits per heavy atom. The highest BCUT2D eigenvalue weighted by molar-refractivity contribution is 5.10. The quantitative estimate of drug-likeness (QED) is 0.758. The van der Waals surface area contributed by atoms with Crippen LogP contribution in [-0.4, -0.2) is 5.54 Å². The monoisotopic (exact) mass is 212 g/mol. The predicted octanol–water partition coefficient (Wildman–Crippen LogP) is 3.72. The van der Waals surface area contributed by atoms with Crippen LogP contribution in [0.1, 0.15) is 61.7 Å². The van der Waals surface area contributed by atoms with Gasteiger partial charge in [0.15, 0.2) is 0 Å². The molecule has 1 aliphatic rings. The van der Waals surface area contributed by atoms with Crippen molar-refractivity contribution in [3.05, 3.63) is 0 Å². The lowest BCUT2D eigenvalue weighted by Gasteiger charge is -2.30. The summed E-state index contributed by atoms with van der Waals surface area (Å²) in [6, 6.07) is 2.24. The summed E-state index contributed by atoms with van der Waals surface area (Å²) >= 11 is 0.